The average Bonchev–Trinajstić information content (AvgIpc) is 2.54. The van der Waals surface area contributed by atoms with Crippen LogP contribution in [0.1, 0.15) is 46.5 Å². The van der Waals surface area contributed by atoms with Gasteiger partial charge in [-0.05, 0) is 40.0 Å². The van der Waals surface area contributed by atoms with Crippen LogP contribution in [0.3, 0.4) is 0 Å². The topological polar surface area (TPSA) is 94.8 Å². The third kappa shape index (κ3) is 5.88. The molecule has 1 aliphatic rings. The number of aromatic nitrogens is 1. The fraction of sp³-hybridized carbons (Fsp3) is 0.647. The molecule has 25 heavy (non-hydrogen) atoms. The lowest BCUT2D eigenvalue weighted by atomic mass is 10.0. The molecule has 0 saturated carbocycles. The van der Waals surface area contributed by atoms with Gasteiger partial charge in [0.25, 0.3) is 5.69 Å². The second-order valence-electron chi connectivity index (χ2n) is 7.07. The number of ether oxygens (including phenoxy) is 2. The van der Waals surface area contributed by atoms with Crippen LogP contribution in [0.25, 0.3) is 0 Å². The molecule has 0 aromatic carbocycles. The van der Waals surface area contributed by atoms with Gasteiger partial charge in [0, 0.05) is 31.1 Å². The minimum Gasteiger partial charge on any atom is -0.478 e. The molecule has 1 aromatic rings. The van der Waals surface area contributed by atoms with Crippen molar-refractivity contribution in [3.63, 3.8) is 0 Å². The van der Waals surface area contributed by atoms with Crippen molar-refractivity contribution in [3.8, 4) is 5.88 Å². The SMILES string of the molecule is CC(C)(C)OC(=O)N1CCCC[C@H]1CCOc1ccc([N+](=O)[O-])cn1. The highest BCUT2D eigenvalue weighted by atomic mass is 16.6. The number of piperidine rings is 1. The van der Waals surface area contributed by atoms with Gasteiger partial charge in [-0.1, -0.05) is 0 Å². The van der Waals surface area contributed by atoms with Gasteiger partial charge in [-0.2, -0.15) is 0 Å². The molecule has 1 saturated heterocycles. The molecule has 1 amide bonds. The standard InChI is InChI=1S/C17H25N3O5/c1-17(2,3)25-16(21)19-10-5-4-6-13(19)9-11-24-15-8-7-14(12-18-15)20(22)23/h7-8,12-13H,4-6,9-11H2,1-3H3/t13-/m0/s1. The summed E-state index contributed by atoms with van der Waals surface area (Å²) >= 11 is 0. The van der Waals surface area contributed by atoms with E-state index in [1.54, 1.807) is 4.90 Å². The van der Waals surface area contributed by atoms with Crippen molar-refractivity contribution in [2.45, 2.75) is 58.1 Å². The molecule has 1 fully saturated rings. The van der Waals surface area contributed by atoms with Crippen molar-refractivity contribution >= 4 is 11.8 Å². The summed E-state index contributed by atoms with van der Waals surface area (Å²) in [6, 6.07) is 2.90. The molecule has 1 aliphatic heterocycles. The van der Waals surface area contributed by atoms with E-state index >= 15 is 0 Å². The van der Waals surface area contributed by atoms with Crippen LogP contribution in [0, 0.1) is 10.1 Å². The smallest absolute Gasteiger partial charge is 0.410 e. The van der Waals surface area contributed by atoms with Gasteiger partial charge >= 0.3 is 6.09 Å². The van der Waals surface area contributed by atoms with Crippen LogP contribution in [0.5, 0.6) is 5.88 Å². The minimum absolute atomic E-state index is 0.0710. The van der Waals surface area contributed by atoms with E-state index in [4.69, 9.17) is 9.47 Å². The van der Waals surface area contributed by atoms with Gasteiger partial charge < -0.3 is 14.4 Å². The quantitative estimate of drug-likeness (QED) is 0.595. The Kier molecular flexibility index (Phi) is 6.17. The lowest BCUT2D eigenvalue weighted by Crippen LogP contribution is -2.46. The first-order chi connectivity index (χ1) is 11.8. The van der Waals surface area contributed by atoms with Gasteiger partial charge in [0.15, 0.2) is 0 Å². The van der Waals surface area contributed by atoms with Crippen LogP contribution >= 0.6 is 0 Å². The highest BCUT2D eigenvalue weighted by molar-refractivity contribution is 5.68. The molecule has 0 aliphatic carbocycles. The molecule has 138 valence electrons. The number of carbonyl (C=O) groups is 1. The van der Waals surface area contributed by atoms with E-state index in [0.29, 0.717) is 25.5 Å². The number of pyridine rings is 1. The summed E-state index contributed by atoms with van der Waals surface area (Å²) in [6.07, 6.45) is 4.50. The zero-order valence-electron chi connectivity index (χ0n) is 14.9. The molecular formula is C17H25N3O5. The number of hydrogen-bond acceptors (Lipinski definition) is 6. The average molecular weight is 351 g/mol. The summed E-state index contributed by atoms with van der Waals surface area (Å²) in [5.74, 6) is 0.338. The number of nitrogens with zero attached hydrogens (tertiary/aromatic N) is 3. The Balaban J connectivity index is 1.86. The van der Waals surface area contributed by atoms with Crippen molar-refractivity contribution in [3.05, 3.63) is 28.4 Å². The molecule has 0 N–H and O–H groups in total. The van der Waals surface area contributed by atoms with Crippen LogP contribution in [0.2, 0.25) is 0 Å². The molecule has 0 radical (unpaired) electrons. The maximum atomic E-state index is 12.3. The summed E-state index contributed by atoms with van der Waals surface area (Å²) < 4.78 is 11.0. The van der Waals surface area contributed by atoms with Crippen LogP contribution in [-0.2, 0) is 4.74 Å². The fourth-order valence-electron chi connectivity index (χ4n) is 2.73. The largest absolute Gasteiger partial charge is 0.478 e. The van der Waals surface area contributed by atoms with Crippen molar-refractivity contribution in [2.24, 2.45) is 0 Å². The first kappa shape index (κ1) is 19.0. The van der Waals surface area contributed by atoms with Crippen LogP contribution in [-0.4, -0.2) is 45.7 Å². The molecule has 0 unspecified atom stereocenters. The number of carbonyl (C=O) groups excluding carboxylic acids is 1. The van der Waals surface area contributed by atoms with Crippen molar-refractivity contribution in [1.29, 1.82) is 0 Å². The highest BCUT2D eigenvalue weighted by Gasteiger charge is 2.30. The Hall–Kier alpha value is -2.38. The number of hydrogen-bond donors (Lipinski definition) is 0. The normalized spacial score (nSPS) is 17.9. The monoisotopic (exact) mass is 351 g/mol. The maximum Gasteiger partial charge on any atom is 0.410 e. The second-order valence-corrected chi connectivity index (χ2v) is 7.07. The first-order valence-electron chi connectivity index (χ1n) is 8.49. The lowest BCUT2D eigenvalue weighted by molar-refractivity contribution is -0.385. The Morgan fingerprint density at radius 2 is 2.16 bits per heavy atom. The molecule has 1 aromatic heterocycles. The van der Waals surface area contributed by atoms with E-state index in [-0.39, 0.29) is 17.8 Å². The first-order valence-corrected chi connectivity index (χ1v) is 8.49. The van der Waals surface area contributed by atoms with Gasteiger partial charge in [-0.25, -0.2) is 9.78 Å². The predicted molar refractivity (Wildman–Crippen MR) is 91.6 cm³/mol. The third-order valence-electron chi connectivity index (χ3n) is 3.89. The van der Waals surface area contributed by atoms with E-state index in [1.807, 2.05) is 20.8 Å². The molecule has 2 heterocycles. The summed E-state index contributed by atoms with van der Waals surface area (Å²) in [4.78, 5) is 28.1. The fourth-order valence-corrected chi connectivity index (χ4v) is 2.73. The van der Waals surface area contributed by atoms with E-state index in [0.717, 1.165) is 19.3 Å². The molecule has 0 bridgehead atoms. The van der Waals surface area contributed by atoms with Crippen LogP contribution < -0.4 is 4.74 Å². The van der Waals surface area contributed by atoms with Gasteiger partial charge in [0.1, 0.15) is 11.8 Å². The van der Waals surface area contributed by atoms with E-state index in [1.165, 1.54) is 18.3 Å². The Morgan fingerprint density at radius 3 is 2.76 bits per heavy atom. The predicted octanol–water partition coefficient (Wildman–Crippen LogP) is 3.55. The number of likely N-dealkylation sites (tertiary alicyclic amines) is 1. The van der Waals surface area contributed by atoms with Crippen molar-refractivity contribution < 1.29 is 19.2 Å². The molecule has 8 nitrogen and oxygen atoms in total. The summed E-state index contributed by atoms with van der Waals surface area (Å²) in [5.41, 5.74) is -0.589. The lowest BCUT2D eigenvalue weighted by Gasteiger charge is -2.36. The van der Waals surface area contributed by atoms with E-state index in [2.05, 4.69) is 4.98 Å². The van der Waals surface area contributed by atoms with Gasteiger partial charge in [-0.3, -0.25) is 10.1 Å². The van der Waals surface area contributed by atoms with Gasteiger partial charge in [0.05, 0.1) is 11.5 Å². The third-order valence-corrected chi connectivity index (χ3v) is 3.89. The van der Waals surface area contributed by atoms with Crippen molar-refractivity contribution in [1.82, 2.24) is 9.88 Å². The highest BCUT2D eigenvalue weighted by Crippen LogP contribution is 2.23. The molecular weight excluding hydrogens is 326 g/mol. The number of rotatable bonds is 5. The zero-order valence-corrected chi connectivity index (χ0v) is 14.9. The number of nitro groups is 1. The summed E-state index contributed by atoms with van der Waals surface area (Å²) in [5, 5.41) is 10.6. The maximum absolute atomic E-state index is 12.3. The Morgan fingerprint density at radius 1 is 1.40 bits per heavy atom. The number of amides is 1. The van der Waals surface area contributed by atoms with Gasteiger partial charge in [-0.15, -0.1) is 0 Å². The van der Waals surface area contributed by atoms with Crippen LogP contribution in [0.4, 0.5) is 10.5 Å². The Labute approximate surface area is 147 Å². The van der Waals surface area contributed by atoms with E-state index in [9.17, 15) is 14.9 Å². The Bertz CT molecular complexity index is 597. The second kappa shape index (κ2) is 8.13. The minimum atomic E-state index is -0.516. The summed E-state index contributed by atoms with van der Waals surface area (Å²) in [7, 11) is 0. The van der Waals surface area contributed by atoms with E-state index < -0.39 is 10.5 Å². The molecule has 1 atom stereocenters. The van der Waals surface area contributed by atoms with Gasteiger partial charge in [0.2, 0.25) is 5.88 Å². The zero-order chi connectivity index (χ0) is 18.4. The molecule has 0 spiro atoms. The summed E-state index contributed by atoms with van der Waals surface area (Å²) in [6.45, 7) is 6.64. The van der Waals surface area contributed by atoms with Crippen LogP contribution in [0.15, 0.2) is 18.3 Å². The van der Waals surface area contributed by atoms with Crippen molar-refractivity contribution in [2.75, 3.05) is 13.2 Å². The molecule has 2 rings (SSSR count). The molecule has 8 heteroatoms.